The molecule has 1 N–H and O–H groups in total. The van der Waals surface area contributed by atoms with E-state index >= 15 is 0 Å². The predicted octanol–water partition coefficient (Wildman–Crippen LogP) is 4.52. The van der Waals surface area contributed by atoms with Crippen molar-refractivity contribution in [3.8, 4) is 11.5 Å². The van der Waals surface area contributed by atoms with Crippen LogP contribution in [-0.4, -0.2) is 31.6 Å². The number of fused-ring (bicyclic) bond motifs is 1. The Morgan fingerprint density at radius 2 is 2.00 bits per heavy atom. The second kappa shape index (κ2) is 9.65. The lowest BCUT2D eigenvalue weighted by molar-refractivity contribution is -0.122. The molecule has 0 saturated carbocycles. The number of ether oxygens (including phenoxy) is 2. The van der Waals surface area contributed by atoms with Gasteiger partial charge in [0.1, 0.15) is 18.1 Å². The van der Waals surface area contributed by atoms with E-state index in [9.17, 15) is 9.59 Å². The third-order valence-electron chi connectivity index (χ3n) is 4.38. The molecule has 0 fully saturated rings. The Bertz CT molecular complexity index is 885. The number of amides is 2. The zero-order valence-electron chi connectivity index (χ0n) is 16.6. The molecule has 1 aliphatic rings. The minimum absolute atomic E-state index is 0.0849. The van der Waals surface area contributed by atoms with E-state index in [-0.39, 0.29) is 24.7 Å². The van der Waals surface area contributed by atoms with Crippen molar-refractivity contribution in [2.75, 3.05) is 30.0 Å². The zero-order valence-corrected chi connectivity index (χ0v) is 17.4. The fourth-order valence-corrected chi connectivity index (χ4v) is 3.19. The Kier molecular flexibility index (Phi) is 6.99. The van der Waals surface area contributed by atoms with E-state index in [0.29, 0.717) is 47.9 Å². The van der Waals surface area contributed by atoms with E-state index < -0.39 is 0 Å². The van der Waals surface area contributed by atoms with Crippen LogP contribution in [0.4, 0.5) is 11.4 Å². The van der Waals surface area contributed by atoms with Gasteiger partial charge in [0.2, 0.25) is 11.8 Å². The summed E-state index contributed by atoms with van der Waals surface area (Å²) in [5.74, 6) is 1.31. The molecule has 0 aliphatic carbocycles. The summed E-state index contributed by atoms with van der Waals surface area (Å²) in [4.78, 5) is 26.5. The van der Waals surface area contributed by atoms with E-state index in [1.165, 1.54) is 0 Å². The van der Waals surface area contributed by atoms with Gasteiger partial charge in [0.15, 0.2) is 0 Å². The summed E-state index contributed by atoms with van der Waals surface area (Å²) in [6.45, 7) is 5.60. The van der Waals surface area contributed by atoms with E-state index in [1.54, 1.807) is 23.1 Å². The average molecular weight is 417 g/mol. The largest absolute Gasteiger partial charge is 0.492 e. The van der Waals surface area contributed by atoms with Crippen LogP contribution in [0, 0.1) is 5.92 Å². The van der Waals surface area contributed by atoms with E-state index in [4.69, 9.17) is 21.1 Å². The number of hydrogen-bond acceptors (Lipinski definition) is 4. The van der Waals surface area contributed by atoms with Gasteiger partial charge >= 0.3 is 0 Å². The maximum absolute atomic E-state index is 12.6. The van der Waals surface area contributed by atoms with Crippen LogP contribution in [0.15, 0.2) is 42.5 Å². The number of carbonyl (C=O) groups is 2. The van der Waals surface area contributed by atoms with Crippen LogP contribution in [0.2, 0.25) is 5.02 Å². The first kappa shape index (κ1) is 21.0. The summed E-state index contributed by atoms with van der Waals surface area (Å²) in [7, 11) is 0. The van der Waals surface area contributed by atoms with Gasteiger partial charge in [0, 0.05) is 18.5 Å². The van der Waals surface area contributed by atoms with Crippen LogP contribution < -0.4 is 19.7 Å². The molecule has 29 heavy (non-hydrogen) atoms. The molecule has 1 aliphatic heterocycles. The molecule has 154 valence electrons. The lowest BCUT2D eigenvalue weighted by atomic mass is 10.2. The van der Waals surface area contributed by atoms with Crippen LogP contribution >= 0.6 is 11.6 Å². The van der Waals surface area contributed by atoms with Crippen LogP contribution in [0.25, 0.3) is 0 Å². The van der Waals surface area contributed by atoms with Gasteiger partial charge in [-0.2, -0.15) is 0 Å². The van der Waals surface area contributed by atoms with Crippen LogP contribution in [0.5, 0.6) is 11.5 Å². The SMILES string of the molecule is CC(C)COc1ccc(NC(=O)CCC(=O)N2CCOc3ccccc32)cc1Cl. The van der Waals surface area contributed by atoms with Gasteiger partial charge in [-0.1, -0.05) is 37.6 Å². The van der Waals surface area contributed by atoms with Crippen molar-refractivity contribution in [1.82, 2.24) is 0 Å². The number of benzene rings is 2. The smallest absolute Gasteiger partial charge is 0.227 e. The highest BCUT2D eigenvalue weighted by Crippen LogP contribution is 2.31. The Morgan fingerprint density at radius 3 is 2.76 bits per heavy atom. The number of anilines is 2. The van der Waals surface area contributed by atoms with Gasteiger partial charge in [-0.15, -0.1) is 0 Å². The predicted molar refractivity (Wildman–Crippen MR) is 114 cm³/mol. The van der Waals surface area contributed by atoms with Crippen molar-refractivity contribution in [2.45, 2.75) is 26.7 Å². The first-order valence-corrected chi connectivity index (χ1v) is 10.1. The molecule has 0 saturated heterocycles. The number of nitrogens with one attached hydrogen (secondary N) is 1. The Balaban J connectivity index is 1.53. The van der Waals surface area contributed by atoms with Gasteiger partial charge in [0.05, 0.1) is 23.9 Å². The summed E-state index contributed by atoms with van der Waals surface area (Å²) in [6, 6.07) is 12.5. The molecule has 3 rings (SSSR count). The van der Waals surface area contributed by atoms with Crippen LogP contribution in [0.1, 0.15) is 26.7 Å². The van der Waals surface area contributed by atoms with Crippen molar-refractivity contribution in [2.24, 2.45) is 5.92 Å². The number of rotatable bonds is 7. The van der Waals surface area contributed by atoms with E-state index in [2.05, 4.69) is 19.2 Å². The molecule has 1 heterocycles. The molecular weight excluding hydrogens is 392 g/mol. The fraction of sp³-hybridized carbons (Fsp3) is 0.364. The summed E-state index contributed by atoms with van der Waals surface area (Å²) < 4.78 is 11.2. The summed E-state index contributed by atoms with van der Waals surface area (Å²) in [5, 5.41) is 3.21. The first-order valence-electron chi connectivity index (χ1n) is 9.68. The number of nitrogens with zero attached hydrogens (tertiary/aromatic N) is 1. The second-order valence-electron chi connectivity index (χ2n) is 7.26. The lowest BCUT2D eigenvalue weighted by Gasteiger charge is -2.29. The molecule has 0 spiro atoms. The average Bonchev–Trinajstić information content (AvgIpc) is 2.71. The summed E-state index contributed by atoms with van der Waals surface area (Å²) in [5.41, 5.74) is 1.31. The zero-order chi connectivity index (χ0) is 20.8. The standard InChI is InChI=1S/C22H25ClN2O4/c1-15(2)14-29-19-8-7-16(13-17(19)23)24-21(26)9-10-22(27)25-11-12-28-20-6-4-3-5-18(20)25/h3-8,13,15H,9-12,14H2,1-2H3,(H,24,26). The molecular formula is C22H25ClN2O4. The van der Waals surface area contributed by atoms with Crippen molar-refractivity contribution >= 4 is 34.8 Å². The van der Waals surface area contributed by atoms with Crippen molar-refractivity contribution in [1.29, 1.82) is 0 Å². The number of hydrogen-bond donors (Lipinski definition) is 1. The Labute approximate surface area is 175 Å². The third kappa shape index (κ3) is 5.64. The van der Waals surface area contributed by atoms with Gasteiger partial charge < -0.3 is 19.7 Å². The molecule has 2 aromatic rings. The molecule has 6 nitrogen and oxygen atoms in total. The normalized spacial score (nSPS) is 12.9. The maximum Gasteiger partial charge on any atom is 0.227 e. The minimum Gasteiger partial charge on any atom is -0.492 e. The second-order valence-corrected chi connectivity index (χ2v) is 7.67. The molecule has 2 amide bonds. The molecule has 0 aromatic heterocycles. The Hall–Kier alpha value is -2.73. The summed E-state index contributed by atoms with van der Waals surface area (Å²) >= 11 is 6.22. The molecule has 2 aromatic carbocycles. The van der Waals surface area contributed by atoms with Gasteiger partial charge in [-0.05, 0) is 36.2 Å². The van der Waals surface area contributed by atoms with Gasteiger partial charge in [-0.25, -0.2) is 0 Å². The van der Waals surface area contributed by atoms with Crippen LogP contribution in [0.3, 0.4) is 0 Å². The third-order valence-corrected chi connectivity index (χ3v) is 4.68. The first-order chi connectivity index (χ1) is 13.9. The molecule has 0 radical (unpaired) electrons. The molecule has 0 atom stereocenters. The molecule has 0 bridgehead atoms. The summed E-state index contributed by atoms with van der Waals surface area (Å²) in [6.07, 6.45) is 0.199. The number of para-hydroxylation sites is 2. The minimum atomic E-state index is -0.244. The van der Waals surface area contributed by atoms with Gasteiger partial charge in [-0.3, -0.25) is 9.59 Å². The van der Waals surface area contributed by atoms with Crippen molar-refractivity contribution in [3.63, 3.8) is 0 Å². The fourth-order valence-electron chi connectivity index (χ4n) is 2.96. The monoisotopic (exact) mass is 416 g/mol. The highest BCUT2D eigenvalue weighted by Gasteiger charge is 2.23. The number of halogens is 1. The molecule has 0 unspecified atom stereocenters. The van der Waals surface area contributed by atoms with Gasteiger partial charge in [0.25, 0.3) is 0 Å². The van der Waals surface area contributed by atoms with Crippen molar-refractivity contribution < 1.29 is 19.1 Å². The highest BCUT2D eigenvalue weighted by molar-refractivity contribution is 6.32. The quantitative estimate of drug-likeness (QED) is 0.720. The molecule has 7 heteroatoms. The van der Waals surface area contributed by atoms with Crippen LogP contribution in [-0.2, 0) is 9.59 Å². The number of carbonyl (C=O) groups excluding carboxylic acids is 2. The van der Waals surface area contributed by atoms with E-state index in [1.807, 2.05) is 24.3 Å². The maximum atomic E-state index is 12.6. The Morgan fingerprint density at radius 1 is 1.21 bits per heavy atom. The van der Waals surface area contributed by atoms with Crippen molar-refractivity contribution in [3.05, 3.63) is 47.5 Å². The highest BCUT2D eigenvalue weighted by atomic mass is 35.5. The topological polar surface area (TPSA) is 67.9 Å². The van der Waals surface area contributed by atoms with E-state index in [0.717, 1.165) is 5.69 Å². The lowest BCUT2D eigenvalue weighted by Crippen LogP contribution is -2.38.